The monoisotopic (exact) mass is 364 g/mol. The standard InChI is InChI=1S/C22H24N2O3/c25-21(20-19-7-3-2-6-16(19)12-15-27-20)23-18-10-8-17(9-11-18)22(26)24-13-4-1-5-14-24/h2-3,6-11,20H,1,4-5,12-15H2,(H,23,25). The van der Waals surface area contributed by atoms with E-state index in [9.17, 15) is 9.59 Å². The van der Waals surface area contributed by atoms with Gasteiger partial charge in [0, 0.05) is 24.3 Å². The maximum atomic E-state index is 12.7. The van der Waals surface area contributed by atoms with Gasteiger partial charge >= 0.3 is 0 Å². The molecule has 0 radical (unpaired) electrons. The second-order valence-electron chi connectivity index (χ2n) is 7.12. The number of amides is 2. The molecule has 2 aliphatic rings. The van der Waals surface area contributed by atoms with Gasteiger partial charge in [-0.1, -0.05) is 24.3 Å². The average Bonchev–Trinajstić information content (AvgIpc) is 2.74. The summed E-state index contributed by atoms with van der Waals surface area (Å²) >= 11 is 0. The van der Waals surface area contributed by atoms with Crippen molar-refractivity contribution in [3.8, 4) is 0 Å². The molecule has 0 aliphatic carbocycles. The van der Waals surface area contributed by atoms with Crippen molar-refractivity contribution in [1.82, 2.24) is 4.90 Å². The van der Waals surface area contributed by atoms with Crippen molar-refractivity contribution in [2.24, 2.45) is 0 Å². The van der Waals surface area contributed by atoms with Gasteiger partial charge in [0.05, 0.1) is 6.61 Å². The number of anilines is 1. The SMILES string of the molecule is O=C(Nc1ccc(C(=O)N2CCCCC2)cc1)C1OCCc2ccccc21. The average molecular weight is 364 g/mol. The van der Waals surface area contributed by atoms with Crippen molar-refractivity contribution >= 4 is 17.5 Å². The molecule has 1 unspecified atom stereocenters. The molecule has 0 bridgehead atoms. The van der Waals surface area contributed by atoms with Crippen LogP contribution in [0.15, 0.2) is 48.5 Å². The first-order chi connectivity index (χ1) is 13.2. The Balaban J connectivity index is 1.43. The van der Waals surface area contributed by atoms with E-state index < -0.39 is 6.10 Å². The van der Waals surface area contributed by atoms with E-state index in [0.717, 1.165) is 43.5 Å². The lowest BCUT2D eigenvalue weighted by molar-refractivity contribution is -0.128. The van der Waals surface area contributed by atoms with Gasteiger partial charge in [0.2, 0.25) is 0 Å². The lowest BCUT2D eigenvalue weighted by Crippen LogP contribution is -2.35. The van der Waals surface area contributed by atoms with Gasteiger partial charge in [0.1, 0.15) is 0 Å². The number of likely N-dealkylation sites (tertiary alicyclic amines) is 1. The van der Waals surface area contributed by atoms with E-state index in [-0.39, 0.29) is 11.8 Å². The zero-order valence-electron chi connectivity index (χ0n) is 15.3. The molecule has 1 N–H and O–H groups in total. The fraction of sp³-hybridized carbons (Fsp3) is 0.364. The molecule has 1 saturated heterocycles. The zero-order valence-corrected chi connectivity index (χ0v) is 15.3. The maximum absolute atomic E-state index is 12.7. The molecule has 0 spiro atoms. The minimum Gasteiger partial charge on any atom is -0.363 e. The Morgan fingerprint density at radius 3 is 2.48 bits per heavy atom. The first-order valence-corrected chi connectivity index (χ1v) is 9.62. The summed E-state index contributed by atoms with van der Waals surface area (Å²) in [5.74, 6) is -0.116. The van der Waals surface area contributed by atoms with Crippen molar-refractivity contribution < 1.29 is 14.3 Å². The number of ether oxygens (including phenoxy) is 1. The maximum Gasteiger partial charge on any atom is 0.258 e. The van der Waals surface area contributed by atoms with Crippen LogP contribution in [-0.2, 0) is 16.0 Å². The quantitative estimate of drug-likeness (QED) is 0.906. The van der Waals surface area contributed by atoms with Gasteiger partial charge in [-0.2, -0.15) is 0 Å². The van der Waals surface area contributed by atoms with Gasteiger partial charge in [0.25, 0.3) is 11.8 Å². The van der Waals surface area contributed by atoms with Crippen LogP contribution in [0.25, 0.3) is 0 Å². The van der Waals surface area contributed by atoms with Crippen LogP contribution in [0.4, 0.5) is 5.69 Å². The van der Waals surface area contributed by atoms with Crippen LogP contribution < -0.4 is 5.32 Å². The van der Waals surface area contributed by atoms with E-state index in [2.05, 4.69) is 5.32 Å². The molecule has 0 aromatic heterocycles. The van der Waals surface area contributed by atoms with Crippen molar-refractivity contribution in [2.45, 2.75) is 31.8 Å². The minimum absolute atomic E-state index is 0.0668. The predicted molar refractivity (Wildman–Crippen MR) is 104 cm³/mol. The summed E-state index contributed by atoms with van der Waals surface area (Å²) in [4.78, 5) is 27.1. The molecule has 140 valence electrons. The van der Waals surface area contributed by atoms with Crippen molar-refractivity contribution in [3.63, 3.8) is 0 Å². The van der Waals surface area contributed by atoms with Crippen LogP contribution >= 0.6 is 0 Å². The number of piperidine rings is 1. The number of fused-ring (bicyclic) bond motifs is 1. The van der Waals surface area contributed by atoms with Crippen LogP contribution in [0.5, 0.6) is 0 Å². The number of hydrogen-bond acceptors (Lipinski definition) is 3. The summed E-state index contributed by atoms with van der Waals surface area (Å²) in [7, 11) is 0. The lowest BCUT2D eigenvalue weighted by atomic mass is 9.97. The van der Waals surface area contributed by atoms with Gasteiger partial charge in [-0.15, -0.1) is 0 Å². The summed E-state index contributed by atoms with van der Waals surface area (Å²) in [6.45, 7) is 2.20. The van der Waals surface area contributed by atoms with E-state index >= 15 is 0 Å². The fourth-order valence-corrected chi connectivity index (χ4v) is 3.79. The van der Waals surface area contributed by atoms with Gasteiger partial charge in [-0.05, 0) is 61.1 Å². The molecule has 5 nitrogen and oxygen atoms in total. The molecule has 0 saturated carbocycles. The molecule has 27 heavy (non-hydrogen) atoms. The molecular weight excluding hydrogens is 340 g/mol. The molecule has 2 aromatic rings. The predicted octanol–water partition coefficient (Wildman–Crippen LogP) is 3.57. The Hall–Kier alpha value is -2.66. The molecule has 2 aromatic carbocycles. The highest BCUT2D eigenvalue weighted by Crippen LogP contribution is 2.28. The number of nitrogens with one attached hydrogen (secondary N) is 1. The normalized spacial score (nSPS) is 19.3. The third kappa shape index (κ3) is 3.88. The van der Waals surface area contributed by atoms with Crippen LogP contribution in [-0.4, -0.2) is 36.4 Å². The Bertz CT molecular complexity index is 826. The minimum atomic E-state index is -0.593. The first-order valence-electron chi connectivity index (χ1n) is 9.62. The number of carbonyl (C=O) groups is 2. The molecule has 2 amide bonds. The number of rotatable bonds is 3. The van der Waals surface area contributed by atoms with E-state index in [1.54, 1.807) is 24.3 Å². The van der Waals surface area contributed by atoms with Crippen LogP contribution in [0.3, 0.4) is 0 Å². The third-order valence-electron chi connectivity index (χ3n) is 5.27. The molecule has 2 heterocycles. The topological polar surface area (TPSA) is 58.6 Å². The fourth-order valence-electron chi connectivity index (χ4n) is 3.79. The van der Waals surface area contributed by atoms with Crippen LogP contribution in [0.2, 0.25) is 0 Å². The third-order valence-corrected chi connectivity index (χ3v) is 5.27. The van der Waals surface area contributed by atoms with Crippen LogP contribution in [0, 0.1) is 0 Å². The molecule has 4 rings (SSSR count). The summed E-state index contributed by atoms with van der Waals surface area (Å²) in [6.07, 6.45) is 3.57. The van der Waals surface area contributed by atoms with Crippen LogP contribution in [0.1, 0.15) is 46.9 Å². The highest BCUT2D eigenvalue weighted by Gasteiger charge is 2.27. The van der Waals surface area contributed by atoms with Crippen molar-refractivity contribution in [3.05, 3.63) is 65.2 Å². The summed E-state index contributed by atoms with van der Waals surface area (Å²) < 4.78 is 5.71. The summed E-state index contributed by atoms with van der Waals surface area (Å²) in [6, 6.07) is 15.0. The Kier molecular flexibility index (Phi) is 5.21. The van der Waals surface area contributed by atoms with E-state index in [1.807, 2.05) is 29.2 Å². The highest BCUT2D eigenvalue weighted by atomic mass is 16.5. The molecule has 1 atom stereocenters. The molecular formula is C22H24N2O3. The van der Waals surface area contributed by atoms with Crippen molar-refractivity contribution in [2.75, 3.05) is 25.0 Å². The smallest absolute Gasteiger partial charge is 0.258 e. The van der Waals surface area contributed by atoms with Gasteiger partial charge in [0.15, 0.2) is 6.10 Å². The van der Waals surface area contributed by atoms with E-state index in [0.29, 0.717) is 17.9 Å². The Morgan fingerprint density at radius 2 is 1.70 bits per heavy atom. The number of benzene rings is 2. The molecule has 5 heteroatoms. The molecule has 2 aliphatic heterocycles. The Morgan fingerprint density at radius 1 is 0.963 bits per heavy atom. The van der Waals surface area contributed by atoms with Gasteiger partial charge in [-0.3, -0.25) is 9.59 Å². The van der Waals surface area contributed by atoms with Crippen molar-refractivity contribution in [1.29, 1.82) is 0 Å². The summed E-state index contributed by atoms with van der Waals surface area (Å²) in [5.41, 5.74) is 3.42. The first kappa shape index (κ1) is 17.7. The van der Waals surface area contributed by atoms with E-state index in [1.165, 1.54) is 6.42 Å². The lowest BCUT2D eigenvalue weighted by Gasteiger charge is -2.27. The second-order valence-corrected chi connectivity index (χ2v) is 7.12. The number of carbonyl (C=O) groups excluding carboxylic acids is 2. The van der Waals surface area contributed by atoms with E-state index in [4.69, 9.17) is 4.74 Å². The largest absolute Gasteiger partial charge is 0.363 e. The number of nitrogens with zero attached hydrogens (tertiary/aromatic N) is 1. The van der Waals surface area contributed by atoms with Gasteiger partial charge in [-0.25, -0.2) is 0 Å². The number of hydrogen-bond donors (Lipinski definition) is 1. The zero-order chi connectivity index (χ0) is 18.6. The Labute approximate surface area is 159 Å². The molecule has 1 fully saturated rings. The second kappa shape index (κ2) is 7.92. The van der Waals surface area contributed by atoms with Gasteiger partial charge < -0.3 is 15.0 Å². The highest BCUT2D eigenvalue weighted by molar-refractivity contribution is 5.97. The summed E-state index contributed by atoms with van der Waals surface area (Å²) in [5, 5.41) is 2.91.